The summed E-state index contributed by atoms with van der Waals surface area (Å²) in [5.74, 6) is 0.616. The fourth-order valence-corrected chi connectivity index (χ4v) is 1.11. The van der Waals surface area contributed by atoms with Crippen LogP contribution in [0.25, 0.3) is 0 Å². The van der Waals surface area contributed by atoms with Crippen LogP contribution >= 0.6 is 0 Å². The first-order valence-corrected chi connectivity index (χ1v) is 5.00. The molecule has 1 amide bonds. The van der Waals surface area contributed by atoms with E-state index in [4.69, 9.17) is 4.74 Å². The number of anilines is 1. The molecule has 1 rings (SSSR count). The molecule has 0 heterocycles. The second-order valence-corrected chi connectivity index (χ2v) is 3.10. The van der Waals surface area contributed by atoms with Gasteiger partial charge in [0.05, 0.1) is 7.11 Å². The molecule has 0 aliphatic heterocycles. The zero-order valence-corrected chi connectivity index (χ0v) is 9.44. The van der Waals surface area contributed by atoms with Crippen LogP contribution in [0.5, 0.6) is 5.75 Å². The molecule has 0 atom stereocenters. The predicted octanol–water partition coefficient (Wildman–Crippen LogP) is 2.77. The average Bonchev–Trinajstić information content (AvgIpc) is 2.30. The zero-order valence-electron chi connectivity index (χ0n) is 9.44. The number of hydrogen-bond acceptors (Lipinski definition) is 2. The van der Waals surface area contributed by atoms with Gasteiger partial charge in [-0.2, -0.15) is 0 Å². The molecule has 0 aliphatic rings. The highest BCUT2D eigenvalue weighted by molar-refractivity contribution is 5.99. The second kappa shape index (κ2) is 6.45. The molecule has 0 saturated heterocycles. The number of nitrogens with one attached hydrogen (secondary N) is 1. The summed E-state index contributed by atoms with van der Waals surface area (Å²) in [7, 11) is 1.60. The summed E-state index contributed by atoms with van der Waals surface area (Å²) in [6.07, 6.45) is 6.83. The number of methoxy groups -OCH3 is 1. The van der Waals surface area contributed by atoms with Crippen LogP contribution in [0.2, 0.25) is 0 Å². The van der Waals surface area contributed by atoms with Crippen molar-refractivity contribution in [2.24, 2.45) is 0 Å². The van der Waals surface area contributed by atoms with E-state index in [1.54, 1.807) is 43.5 Å². The summed E-state index contributed by atoms with van der Waals surface area (Å²) in [5.41, 5.74) is 0.746. The lowest BCUT2D eigenvalue weighted by Gasteiger charge is -2.03. The Hall–Kier alpha value is -2.03. The van der Waals surface area contributed by atoms with Gasteiger partial charge in [0, 0.05) is 11.8 Å². The Morgan fingerprint density at radius 3 is 2.50 bits per heavy atom. The highest BCUT2D eigenvalue weighted by Crippen LogP contribution is 2.14. The van der Waals surface area contributed by atoms with Gasteiger partial charge in [0.1, 0.15) is 5.75 Å². The summed E-state index contributed by atoms with van der Waals surface area (Å²) < 4.78 is 5.02. The van der Waals surface area contributed by atoms with Gasteiger partial charge in [-0.05, 0) is 31.2 Å². The molecule has 1 aromatic carbocycles. The van der Waals surface area contributed by atoms with Gasteiger partial charge in [-0.1, -0.05) is 18.2 Å². The monoisotopic (exact) mass is 217 g/mol. The maximum absolute atomic E-state index is 11.4. The maximum Gasteiger partial charge on any atom is 0.248 e. The summed E-state index contributed by atoms with van der Waals surface area (Å²) in [6.45, 7) is 1.89. The largest absolute Gasteiger partial charge is 0.497 e. The number of benzene rings is 1. The van der Waals surface area contributed by atoms with Crippen molar-refractivity contribution in [3.63, 3.8) is 0 Å². The van der Waals surface area contributed by atoms with E-state index in [0.29, 0.717) is 0 Å². The molecule has 0 fully saturated rings. The molecule has 0 radical (unpaired) electrons. The van der Waals surface area contributed by atoms with Gasteiger partial charge in [-0.25, -0.2) is 0 Å². The molecule has 0 bridgehead atoms. The van der Waals surface area contributed by atoms with E-state index < -0.39 is 0 Å². The zero-order chi connectivity index (χ0) is 11.8. The topological polar surface area (TPSA) is 38.3 Å². The van der Waals surface area contributed by atoms with Crippen molar-refractivity contribution in [2.45, 2.75) is 6.92 Å². The molecule has 1 aromatic rings. The highest BCUT2D eigenvalue weighted by Gasteiger charge is 1.97. The summed E-state index contributed by atoms with van der Waals surface area (Å²) in [6, 6.07) is 7.18. The lowest BCUT2D eigenvalue weighted by Crippen LogP contribution is -2.07. The molecule has 16 heavy (non-hydrogen) atoms. The lowest BCUT2D eigenvalue weighted by atomic mass is 10.3. The van der Waals surface area contributed by atoms with E-state index in [9.17, 15) is 4.79 Å². The van der Waals surface area contributed by atoms with Crippen LogP contribution in [0.1, 0.15) is 6.92 Å². The minimum absolute atomic E-state index is 0.150. The van der Waals surface area contributed by atoms with E-state index >= 15 is 0 Å². The second-order valence-electron chi connectivity index (χ2n) is 3.10. The molecule has 3 heteroatoms. The van der Waals surface area contributed by atoms with Gasteiger partial charge in [0.15, 0.2) is 0 Å². The Balaban J connectivity index is 2.56. The van der Waals surface area contributed by atoms with Crippen LogP contribution < -0.4 is 10.1 Å². The number of rotatable bonds is 4. The van der Waals surface area contributed by atoms with Crippen LogP contribution in [-0.4, -0.2) is 13.0 Å². The van der Waals surface area contributed by atoms with Crippen LogP contribution in [-0.2, 0) is 4.79 Å². The fraction of sp³-hybridized carbons (Fsp3) is 0.154. The van der Waals surface area contributed by atoms with E-state index in [1.807, 2.05) is 13.0 Å². The van der Waals surface area contributed by atoms with Crippen molar-refractivity contribution >= 4 is 11.6 Å². The van der Waals surface area contributed by atoms with Gasteiger partial charge in [-0.3, -0.25) is 4.79 Å². The number of carbonyl (C=O) groups excluding carboxylic acids is 1. The molecule has 3 nitrogen and oxygen atoms in total. The number of ether oxygens (including phenoxy) is 1. The van der Waals surface area contributed by atoms with Crippen LogP contribution in [0.4, 0.5) is 5.69 Å². The summed E-state index contributed by atoms with van der Waals surface area (Å²) in [5, 5.41) is 2.74. The summed E-state index contributed by atoms with van der Waals surface area (Å²) in [4.78, 5) is 11.4. The Morgan fingerprint density at radius 1 is 1.25 bits per heavy atom. The van der Waals surface area contributed by atoms with Crippen molar-refractivity contribution in [3.05, 3.63) is 48.6 Å². The van der Waals surface area contributed by atoms with Gasteiger partial charge in [0.2, 0.25) is 5.91 Å². The third-order valence-electron chi connectivity index (χ3n) is 1.91. The molecule has 0 saturated carbocycles. The SMILES string of the molecule is C/C=C/C=C/C(=O)Nc1ccc(OC)cc1. The van der Waals surface area contributed by atoms with Crippen molar-refractivity contribution in [1.29, 1.82) is 0 Å². The maximum atomic E-state index is 11.4. The first kappa shape index (κ1) is 12.0. The van der Waals surface area contributed by atoms with Crippen molar-refractivity contribution in [3.8, 4) is 5.75 Å². The number of carbonyl (C=O) groups is 1. The fourth-order valence-electron chi connectivity index (χ4n) is 1.11. The minimum Gasteiger partial charge on any atom is -0.497 e. The van der Waals surface area contributed by atoms with E-state index in [0.717, 1.165) is 11.4 Å². The first-order valence-electron chi connectivity index (χ1n) is 5.00. The Kier molecular flexibility index (Phi) is 4.86. The summed E-state index contributed by atoms with van der Waals surface area (Å²) >= 11 is 0. The molecule has 0 spiro atoms. The Labute approximate surface area is 95.4 Å². The van der Waals surface area contributed by atoms with Crippen LogP contribution in [0.15, 0.2) is 48.6 Å². The molecule has 1 N–H and O–H groups in total. The van der Waals surface area contributed by atoms with Gasteiger partial charge >= 0.3 is 0 Å². The van der Waals surface area contributed by atoms with E-state index in [1.165, 1.54) is 6.08 Å². The molecule has 0 aromatic heterocycles. The Bertz CT molecular complexity index is 391. The lowest BCUT2D eigenvalue weighted by molar-refractivity contribution is -0.111. The number of allylic oxidation sites excluding steroid dienone is 3. The normalized spacial score (nSPS) is 10.9. The van der Waals surface area contributed by atoms with Crippen molar-refractivity contribution in [2.75, 3.05) is 12.4 Å². The standard InChI is InChI=1S/C13H15NO2/c1-3-4-5-6-13(15)14-11-7-9-12(16-2)10-8-11/h3-10H,1-2H3,(H,14,15)/b4-3+,6-5+. The molecular weight excluding hydrogens is 202 g/mol. The van der Waals surface area contributed by atoms with Gasteiger partial charge in [0.25, 0.3) is 0 Å². The van der Waals surface area contributed by atoms with E-state index in [-0.39, 0.29) is 5.91 Å². The predicted molar refractivity (Wildman–Crippen MR) is 65.6 cm³/mol. The molecular formula is C13H15NO2. The smallest absolute Gasteiger partial charge is 0.248 e. The average molecular weight is 217 g/mol. The van der Waals surface area contributed by atoms with Crippen LogP contribution in [0, 0.1) is 0 Å². The third-order valence-corrected chi connectivity index (χ3v) is 1.91. The number of amides is 1. The van der Waals surface area contributed by atoms with Crippen LogP contribution in [0.3, 0.4) is 0 Å². The first-order chi connectivity index (χ1) is 7.76. The quantitative estimate of drug-likeness (QED) is 0.622. The van der Waals surface area contributed by atoms with Crippen molar-refractivity contribution in [1.82, 2.24) is 0 Å². The third kappa shape index (κ3) is 4.00. The number of hydrogen-bond donors (Lipinski definition) is 1. The van der Waals surface area contributed by atoms with Crippen molar-refractivity contribution < 1.29 is 9.53 Å². The van der Waals surface area contributed by atoms with E-state index in [2.05, 4.69) is 5.32 Å². The minimum atomic E-state index is -0.150. The highest BCUT2D eigenvalue weighted by atomic mass is 16.5. The molecule has 84 valence electrons. The van der Waals surface area contributed by atoms with Gasteiger partial charge < -0.3 is 10.1 Å². The Morgan fingerprint density at radius 2 is 1.94 bits per heavy atom. The van der Waals surface area contributed by atoms with Gasteiger partial charge in [-0.15, -0.1) is 0 Å². The molecule has 0 unspecified atom stereocenters. The molecule has 0 aliphatic carbocycles.